The monoisotopic (exact) mass is 115 g/mol. The van der Waals surface area contributed by atoms with Crippen molar-refractivity contribution in [3.63, 3.8) is 0 Å². The van der Waals surface area contributed by atoms with E-state index in [1.165, 1.54) is 0 Å². The number of nitrogens with two attached hydrogens (primary N) is 1. The van der Waals surface area contributed by atoms with E-state index in [1.54, 1.807) is 0 Å². The Morgan fingerprint density at radius 3 is 1.25 bits per heavy atom. The van der Waals surface area contributed by atoms with Gasteiger partial charge in [0.15, 0.2) is 0 Å². The molecule has 1 radical (unpaired) electrons. The summed E-state index contributed by atoms with van der Waals surface area (Å²) in [7, 11) is 0. The minimum Gasteiger partial charge on any atom is -0.693 e. The van der Waals surface area contributed by atoms with Crippen LogP contribution in [0.25, 0.3) is 6.15 Å². The smallest absolute Gasteiger partial charge is 0.693 e. The van der Waals surface area contributed by atoms with E-state index in [1.807, 2.05) is 0 Å². The molecule has 0 aliphatic heterocycles. The van der Waals surface area contributed by atoms with Crippen LogP contribution in [0.1, 0.15) is 0 Å². The molecule has 0 fully saturated rings. The molecule has 25 valence electrons. The molecule has 0 amide bonds. The molecule has 0 aromatic rings. The Kier molecular flexibility index (Phi) is 21.0. The van der Waals surface area contributed by atoms with Crippen molar-refractivity contribution in [2.45, 2.75) is 11.0 Å². The second-order valence-corrected chi connectivity index (χ2v) is 3.00. The van der Waals surface area contributed by atoms with Gasteiger partial charge in [0, 0.05) is 0 Å². The summed E-state index contributed by atoms with van der Waals surface area (Å²) < 4.78 is 0. The van der Waals surface area contributed by atoms with Gasteiger partial charge >= 0.3 is 28.4 Å². The van der Waals surface area contributed by atoms with Gasteiger partial charge in [-0.3, -0.25) is 0 Å². The van der Waals surface area contributed by atoms with E-state index >= 15 is 0 Å². The summed E-state index contributed by atoms with van der Waals surface area (Å²) in [6, 6.07) is 0. The maximum Gasteiger partial charge on any atom is -0.693 e. The molecule has 0 saturated carbocycles. The van der Waals surface area contributed by atoms with Crippen molar-refractivity contribution < 1.29 is 0 Å². The first kappa shape index (κ1) is 8.82. The third-order valence-corrected chi connectivity index (χ3v) is 0. The zero-order valence-electron chi connectivity index (χ0n) is 3.15. The summed E-state index contributed by atoms with van der Waals surface area (Å²) in [5, 5.41) is 0. The first-order chi connectivity index (χ1) is 1.41. The van der Waals surface area contributed by atoms with E-state index in [2.05, 4.69) is 11.0 Å². The van der Waals surface area contributed by atoms with E-state index < -0.39 is 0 Å². The van der Waals surface area contributed by atoms with Crippen molar-refractivity contribution in [1.82, 2.24) is 0 Å². The van der Waals surface area contributed by atoms with Crippen LogP contribution in [0.2, 0.25) is 11.0 Å². The Balaban J connectivity index is 0. The molecule has 0 spiro atoms. The molecule has 2 heteroatoms. The second kappa shape index (κ2) is 9.51. The second-order valence-electron chi connectivity index (χ2n) is 0.577. The number of hydrogen-bond donors (Lipinski definition) is 0. The molecule has 0 heterocycles. The third kappa shape index (κ3) is 18.6. The van der Waals surface area contributed by atoms with Gasteiger partial charge in [-0.1, -0.05) is 0 Å². The zero-order valence-corrected chi connectivity index (χ0v) is 5.58. The standard InChI is InChI=1S/2CH3.Ga.H2N/h2*1H3;;1H2/q;;;-1. The zero-order chi connectivity index (χ0) is 2.71. The fraction of sp³-hybridized carbons (Fsp3) is 1.00. The largest absolute Gasteiger partial charge is 0.693 e. The van der Waals surface area contributed by atoms with Gasteiger partial charge in [0.05, 0.1) is 0 Å². The van der Waals surface area contributed by atoms with Crippen molar-refractivity contribution >= 4 is 17.4 Å². The van der Waals surface area contributed by atoms with Crippen LogP contribution in [0.4, 0.5) is 0 Å². The van der Waals surface area contributed by atoms with Gasteiger partial charge in [-0.15, -0.1) is 0 Å². The Labute approximate surface area is 35.1 Å². The van der Waals surface area contributed by atoms with Crippen molar-refractivity contribution in [1.29, 1.82) is 0 Å². The molecule has 0 aromatic heterocycles. The van der Waals surface area contributed by atoms with Crippen molar-refractivity contribution in [3.8, 4) is 0 Å². The molecule has 2 N–H and O–H groups in total. The minimum absolute atomic E-state index is 0. The summed E-state index contributed by atoms with van der Waals surface area (Å²) in [4.78, 5) is 0. The van der Waals surface area contributed by atoms with Gasteiger partial charge in [-0.05, 0) is 0 Å². The predicted octanol–water partition coefficient (Wildman–Crippen LogP) is 1.50. The van der Waals surface area contributed by atoms with Crippen LogP contribution in [0.15, 0.2) is 0 Å². The molecule has 0 saturated heterocycles. The number of rotatable bonds is 0. The summed E-state index contributed by atoms with van der Waals surface area (Å²) in [6.07, 6.45) is 0. The molecular weight excluding hydrogens is 108 g/mol. The Bertz CT molecular complexity index is 6.00. The molecule has 0 aliphatic rings. The van der Waals surface area contributed by atoms with Crippen molar-refractivity contribution in [2.24, 2.45) is 0 Å². The average molecular weight is 116 g/mol. The molecule has 0 rings (SSSR count). The molecule has 0 bridgehead atoms. The van der Waals surface area contributed by atoms with Gasteiger partial charge in [0.2, 0.25) is 0 Å². The molecule has 0 aliphatic carbocycles. The van der Waals surface area contributed by atoms with E-state index in [4.69, 9.17) is 0 Å². The van der Waals surface area contributed by atoms with E-state index in [-0.39, 0.29) is 6.15 Å². The molecule has 4 heavy (non-hydrogen) atoms. The van der Waals surface area contributed by atoms with Crippen LogP contribution in [0.3, 0.4) is 0 Å². The van der Waals surface area contributed by atoms with Gasteiger partial charge < -0.3 is 6.15 Å². The maximum absolute atomic E-state index is 2.28. The van der Waals surface area contributed by atoms with Gasteiger partial charge in [0.25, 0.3) is 0 Å². The normalized spacial score (nSPS) is 3.50. The number of hydrogen-bond acceptors (Lipinski definition) is 0. The summed E-state index contributed by atoms with van der Waals surface area (Å²) in [5.41, 5.74) is 4.56. The van der Waals surface area contributed by atoms with Crippen LogP contribution < -0.4 is 0 Å². The van der Waals surface area contributed by atoms with E-state index in [0.717, 1.165) is 0 Å². The fourth-order valence-electron chi connectivity index (χ4n) is 0. The summed E-state index contributed by atoms with van der Waals surface area (Å²) in [6.45, 7) is 0. The topological polar surface area (TPSA) is 33.5 Å². The molecule has 1 nitrogen and oxygen atoms in total. The maximum atomic E-state index is 2.28. The van der Waals surface area contributed by atoms with Crippen LogP contribution in [0.5, 0.6) is 0 Å². The van der Waals surface area contributed by atoms with Crippen LogP contribution in [-0.2, 0) is 0 Å². The van der Waals surface area contributed by atoms with Crippen molar-refractivity contribution in [3.05, 3.63) is 6.15 Å². The SMILES string of the molecule is [CH3][Ga][CH3].[NH2-]. The van der Waals surface area contributed by atoms with Crippen LogP contribution >= 0.6 is 0 Å². The third-order valence-electron chi connectivity index (χ3n) is 0. The molecule has 0 atom stereocenters. The Hall–Kier alpha value is 0.596. The molecule has 0 aromatic carbocycles. The van der Waals surface area contributed by atoms with Crippen LogP contribution in [0, 0.1) is 0 Å². The quantitative estimate of drug-likeness (QED) is 0.429. The molecular formula is C2H8GaN-. The first-order valence-corrected chi connectivity index (χ1v) is 6.00. The van der Waals surface area contributed by atoms with Gasteiger partial charge in [-0.25, -0.2) is 0 Å². The minimum atomic E-state index is 0. The summed E-state index contributed by atoms with van der Waals surface area (Å²) in [5.74, 6) is 0. The predicted molar refractivity (Wildman–Crippen MR) is 22.8 cm³/mol. The Morgan fingerprint density at radius 2 is 1.25 bits per heavy atom. The van der Waals surface area contributed by atoms with E-state index in [9.17, 15) is 0 Å². The van der Waals surface area contributed by atoms with Crippen molar-refractivity contribution in [2.75, 3.05) is 0 Å². The molecule has 0 unspecified atom stereocenters. The average Bonchev–Trinajstić information content (AvgIpc) is 0.918. The first-order valence-electron chi connectivity index (χ1n) is 1.15. The van der Waals surface area contributed by atoms with Crippen LogP contribution in [-0.4, -0.2) is 17.4 Å². The summed E-state index contributed by atoms with van der Waals surface area (Å²) >= 11 is 0.312. The Morgan fingerprint density at radius 1 is 1.25 bits per heavy atom. The van der Waals surface area contributed by atoms with Gasteiger partial charge in [0.1, 0.15) is 0 Å². The fourth-order valence-corrected chi connectivity index (χ4v) is 0. The van der Waals surface area contributed by atoms with E-state index in [0.29, 0.717) is 17.4 Å². The van der Waals surface area contributed by atoms with Gasteiger partial charge in [-0.2, -0.15) is 0 Å².